The van der Waals surface area contributed by atoms with Gasteiger partial charge in [0.15, 0.2) is 0 Å². The molecule has 2 aromatic carbocycles. The van der Waals surface area contributed by atoms with E-state index in [4.69, 9.17) is 14.1 Å². The van der Waals surface area contributed by atoms with E-state index < -0.39 is 10.0 Å². The third-order valence-corrected chi connectivity index (χ3v) is 7.58. The van der Waals surface area contributed by atoms with Crippen LogP contribution in [0.2, 0.25) is 0 Å². The second kappa shape index (κ2) is 8.82. The molecule has 0 saturated carbocycles. The molecule has 31 heavy (non-hydrogen) atoms. The third kappa shape index (κ3) is 4.51. The van der Waals surface area contributed by atoms with Crippen LogP contribution in [-0.2, 0) is 16.6 Å². The van der Waals surface area contributed by atoms with Gasteiger partial charge < -0.3 is 9.15 Å². The molecule has 0 aliphatic carbocycles. The van der Waals surface area contributed by atoms with Crippen LogP contribution in [0, 0.1) is 13.8 Å². The summed E-state index contributed by atoms with van der Waals surface area (Å²) in [5, 5.41) is 0. The average molecular weight is 442 g/mol. The smallest absolute Gasteiger partial charge is 0.243 e. The molecule has 1 aromatic heterocycles. The van der Waals surface area contributed by atoms with Crippen molar-refractivity contribution >= 4 is 10.0 Å². The number of oxazole rings is 1. The van der Waals surface area contributed by atoms with E-state index in [9.17, 15) is 8.42 Å². The zero-order chi connectivity index (χ0) is 22.0. The molecule has 1 aliphatic rings. The molecule has 1 fully saturated rings. The standard InChI is InChI=1S/C23H27N3O4S/c1-17-6-4-5-7-21(17)23-24-22(18(2)30-23)16-25-12-14-26(15-13-25)31(27,28)20-10-8-19(29-3)9-11-20/h4-11H,12-16H2,1-3H3. The number of aromatic nitrogens is 1. The molecule has 0 radical (unpaired) electrons. The minimum atomic E-state index is -3.51. The summed E-state index contributed by atoms with van der Waals surface area (Å²) >= 11 is 0. The van der Waals surface area contributed by atoms with E-state index in [0.717, 1.165) is 22.6 Å². The van der Waals surface area contributed by atoms with Crippen molar-refractivity contribution in [3.05, 3.63) is 65.5 Å². The predicted octanol–water partition coefficient (Wildman–Crippen LogP) is 3.47. The molecule has 0 amide bonds. The number of ether oxygens (including phenoxy) is 1. The molecule has 0 N–H and O–H groups in total. The van der Waals surface area contributed by atoms with Gasteiger partial charge in [-0.25, -0.2) is 13.4 Å². The van der Waals surface area contributed by atoms with Crippen molar-refractivity contribution in [1.82, 2.24) is 14.2 Å². The van der Waals surface area contributed by atoms with Crippen LogP contribution in [0.25, 0.3) is 11.5 Å². The van der Waals surface area contributed by atoms with Crippen LogP contribution in [0.4, 0.5) is 0 Å². The second-order valence-electron chi connectivity index (χ2n) is 7.69. The van der Waals surface area contributed by atoms with Crippen molar-refractivity contribution in [2.24, 2.45) is 0 Å². The molecule has 164 valence electrons. The molecule has 0 bridgehead atoms. The van der Waals surface area contributed by atoms with Crippen LogP contribution >= 0.6 is 0 Å². The molecule has 2 heterocycles. The number of nitrogens with zero attached hydrogens (tertiary/aromatic N) is 3. The number of hydrogen-bond acceptors (Lipinski definition) is 6. The number of rotatable bonds is 6. The summed E-state index contributed by atoms with van der Waals surface area (Å²) in [6.45, 7) is 6.76. The highest BCUT2D eigenvalue weighted by Crippen LogP contribution is 2.26. The van der Waals surface area contributed by atoms with E-state index in [0.29, 0.717) is 44.4 Å². The fourth-order valence-corrected chi connectivity index (χ4v) is 5.16. The molecule has 0 unspecified atom stereocenters. The zero-order valence-electron chi connectivity index (χ0n) is 18.0. The van der Waals surface area contributed by atoms with Crippen LogP contribution in [0.15, 0.2) is 57.8 Å². The molecular weight excluding hydrogens is 414 g/mol. The Labute approximate surface area is 183 Å². The minimum Gasteiger partial charge on any atom is -0.497 e. The number of methoxy groups -OCH3 is 1. The highest BCUT2D eigenvalue weighted by Gasteiger charge is 2.29. The van der Waals surface area contributed by atoms with Crippen LogP contribution in [0.1, 0.15) is 17.0 Å². The molecule has 7 nitrogen and oxygen atoms in total. The van der Waals surface area contributed by atoms with Crippen molar-refractivity contribution in [2.45, 2.75) is 25.3 Å². The monoisotopic (exact) mass is 441 g/mol. The number of hydrogen-bond donors (Lipinski definition) is 0. The van der Waals surface area contributed by atoms with Crippen LogP contribution < -0.4 is 4.74 Å². The summed E-state index contributed by atoms with van der Waals surface area (Å²) in [7, 11) is -1.95. The van der Waals surface area contributed by atoms with E-state index in [1.165, 1.54) is 0 Å². The van der Waals surface area contributed by atoms with Crippen molar-refractivity contribution in [3.63, 3.8) is 0 Å². The number of benzene rings is 2. The Morgan fingerprint density at radius 1 is 1.00 bits per heavy atom. The highest BCUT2D eigenvalue weighted by molar-refractivity contribution is 7.89. The first-order valence-corrected chi connectivity index (χ1v) is 11.7. The van der Waals surface area contributed by atoms with Gasteiger partial charge in [0.05, 0.1) is 17.7 Å². The maximum atomic E-state index is 12.9. The number of aryl methyl sites for hydroxylation is 2. The summed E-state index contributed by atoms with van der Waals surface area (Å²) < 4.78 is 38.5. The molecular formula is C23H27N3O4S. The van der Waals surface area contributed by atoms with E-state index >= 15 is 0 Å². The van der Waals surface area contributed by atoms with Gasteiger partial charge in [0.2, 0.25) is 15.9 Å². The van der Waals surface area contributed by atoms with E-state index in [1.54, 1.807) is 35.7 Å². The Morgan fingerprint density at radius 2 is 1.68 bits per heavy atom. The first kappa shape index (κ1) is 21.5. The summed E-state index contributed by atoms with van der Waals surface area (Å²) in [6, 6.07) is 14.5. The molecule has 4 rings (SSSR count). The maximum absolute atomic E-state index is 12.9. The van der Waals surface area contributed by atoms with Crippen molar-refractivity contribution in [3.8, 4) is 17.2 Å². The average Bonchev–Trinajstić information content (AvgIpc) is 3.14. The topological polar surface area (TPSA) is 75.9 Å². The van der Waals surface area contributed by atoms with Crippen molar-refractivity contribution in [2.75, 3.05) is 33.3 Å². The molecule has 1 saturated heterocycles. The van der Waals surface area contributed by atoms with Gasteiger partial charge in [-0.2, -0.15) is 4.31 Å². The Balaban J connectivity index is 1.41. The SMILES string of the molecule is COc1ccc(S(=O)(=O)N2CCN(Cc3nc(-c4ccccc4C)oc3C)CC2)cc1. The minimum absolute atomic E-state index is 0.289. The van der Waals surface area contributed by atoms with Gasteiger partial charge in [-0.3, -0.25) is 4.90 Å². The Hall–Kier alpha value is -2.68. The fraction of sp³-hybridized carbons (Fsp3) is 0.348. The van der Waals surface area contributed by atoms with Gasteiger partial charge in [-0.1, -0.05) is 18.2 Å². The van der Waals surface area contributed by atoms with E-state index in [1.807, 2.05) is 38.1 Å². The first-order chi connectivity index (χ1) is 14.9. The van der Waals surface area contributed by atoms with Gasteiger partial charge in [0.1, 0.15) is 11.5 Å². The van der Waals surface area contributed by atoms with Crippen LogP contribution in [-0.4, -0.2) is 55.9 Å². The van der Waals surface area contributed by atoms with Crippen LogP contribution in [0.5, 0.6) is 5.75 Å². The molecule has 8 heteroatoms. The normalized spacial score (nSPS) is 15.8. The second-order valence-corrected chi connectivity index (χ2v) is 9.63. The summed E-state index contributed by atoms with van der Waals surface area (Å²) in [6.07, 6.45) is 0. The lowest BCUT2D eigenvalue weighted by atomic mass is 10.1. The zero-order valence-corrected chi connectivity index (χ0v) is 18.9. The Bertz CT molecular complexity index is 1150. The lowest BCUT2D eigenvalue weighted by molar-refractivity contribution is 0.179. The van der Waals surface area contributed by atoms with Gasteiger partial charge in [-0.05, 0) is 49.7 Å². The van der Waals surface area contributed by atoms with E-state index in [-0.39, 0.29) is 4.90 Å². The first-order valence-electron chi connectivity index (χ1n) is 10.3. The molecule has 0 spiro atoms. The van der Waals surface area contributed by atoms with Crippen LogP contribution in [0.3, 0.4) is 0 Å². The van der Waals surface area contributed by atoms with Gasteiger partial charge in [0, 0.05) is 38.3 Å². The molecule has 0 atom stereocenters. The number of piperazine rings is 1. The van der Waals surface area contributed by atoms with Crippen molar-refractivity contribution in [1.29, 1.82) is 0 Å². The largest absolute Gasteiger partial charge is 0.497 e. The van der Waals surface area contributed by atoms with Crippen molar-refractivity contribution < 1.29 is 17.6 Å². The summed E-state index contributed by atoms with van der Waals surface area (Å²) in [5.74, 6) is 2.06. The van der Waals surface area contributed by atoms with Gasteiger partial charge >= 0.3 is 0 Å². The quantitative estimate of drug-likeness (QED) is 0.583. The maximum Gasteiger partial charge on any atom is 0.243 e. The lowest BCUT2D eigenvalue weighted by Gasteiger charge is -2.33. The number of sulfonamides is 1. The Kier molecular flexibility index (Phi) is 6.13. The van der Waals surface area contributed by atoms with Gasteiger partial charge in [0.25, 0.3) is 0 Å². The summed E-state index contributed by atoms with van der Waals surface area (Å²) in [5.41, 5.74) is 3.00. The van der Waals surface area contributed by atoms with E-state index in [2.05, 4.69) is 4.90 Å². The lowest BCUT2D eigenvalue weighted by Crippen LogP contribution is -2.48. The predicted molar refractivity (Wildman–Crippen MR) is 118 cm³/mol. The Morgan fingerprint density at radius 3 is 2.32 bits per heavy atom. The third-order valence-electron chi connectivity index (χ3n) is 5.67. The van der Waals surface area contributed by atoms with Gasteiger partial charge in [-0.15, -0.1) is 0 Å². The fourth-order valence-electron chi connectivity index (χ4n) is 3.74. The molecule has 1 aliphatic heterocycles. The molecule has 3 aromatic rings. The highest BCUT2D eigenvalue weighted by atomic mass is 32.2. The summed E-state index contributed by atoms with van der Waals surface area (Å²) in [4.78, 5) is 7.22.